The standard InChI is InChI=1S/C11H10ClNO3/c1-6(15)13-10-8-2-3-16-11(8)7(5-14)4-9(10)12/h4-5H,2-3H2,1H3,(H,13,15). The maximum atomic E-state index is 11.0. The Labute approximate surface area is 97.5 Å². The molecule has 1 aliphatic heterocycles. The van der Waals surface area contributed by atoms with Gasteiger partial charge >= 0.3 is 0 Å². The van der Waals surface area contributed by atoms with Gasteiger partial charge < -0.3 is 10.1 Å². The first-order chi connectivity index (χ1) is 7.63. The molecule has 0 saturated heterocycles. The van der Waals surface area contributed by atoms with E-state index in [1.54, 1.807) is 0 Å². The van der Waals surface area contributed by atoms with Gasteiger partial charge in [0, 0.05) is 18.9 Å². The molecule has 5 heteroatoms. The Morgan fingerprint density at radius 3 is 3.00 bits per heavy atom. The van der Waals surface area contributed by atoms with Crippen molar-refractivity contribution in [2.45, 2.75) is 13.3 Å². The molecule has 1 amide bonds. The Kier molecular flexibility index (Phi) is 2.83. The average Bonchev–Trinajstić information content (AvgIpc) is 2.70. The number of hydrogen-bond donors (Lipinski definition) is 1. The summed E-state index contributed by atoms with van der Waals surface area (Å²) in [7, 11) is 0. The van der Waals surface area contributed by atoms with Crippen LogP contribution in [0.1, 0.15) is 22.8 Å². The number of benzene rings is 1. The maximum absolute atomic E-state index is 11.0. The lowest BCUT2D eigenvalue weighted by molar-refractivity contribution is -0.114. The Bertz CT molecular complexity index is 471. The minimum absolute atomic E-state index is 0.199. The molecule has 4 nitrogen and oxygen atoms in total. The van der Waals surface area contributed by atoms with Crippen molar-refractivity contribution in [3.05, 3.63) is 22.2 Å². The largest absolute Gasteiger partial charge is 0.492 e. The molecule has 0 fully saturated rings. The summed E-state index contributed by atoms with van der Waals surface area (Å²) in [6.45, 7) is 1.91. The van der Waals surface area contributed by atoms with E-state index in [1.165, 1.54) is 13.0 Å². The molecule has 2 rings (SSSR count). The first-order valence-corrected chi connectivity index (χ1v) is 5.22. The maximum Gasteiger partial charge on any atom is 0.221 e. The van der Waals surface area contributed by atoms with Crippen LogP contribution in [0.2, 0.25) is 5.02 Å². The van der Waals surface area contributed by atoms with E-state index in [1.807, 2.05) is 0 Å². The van der Waals surface area contributed by atoms with Gasteiger partial charge in [-0.15, -0.1) is 0 Å². The molecule has 1 aromatic rings. The lowest BCUT2D eigenvalue weighted by Gasteiger charge is -2.11. The lowest BCUT2D eigenvalue weighted by atomic mass is 10.1. The van der Waals surface area contributed by atoms with Crippen LogP contribution in [0.5, 0.6) is 5.75 Å². The first-order valence-electron chi connectivity index (χ1n) is 4.84. The summed E-state index contributed by atoms with van der Waals surface area (Å²) < 4.78 is 5.36. The Morgan fingerprint density at radius 2 is 2.38 bits per heavy atom. The van der Waals surface area contributed by atoms with Crippen LogP contribution in [-0.4, -0.2) is 18.8 Å². The van der Waals surface area contributed by atoms with Gasteiger partial charge in [0.1, 0.15) is 5.75 Å². The minimum atomic E-state index is -0.199. The van der Waals surface area contributed by atoms with Gasteiger partial charge in [-0.05, 0) is 6.07 Å². The molecule has 1 N–H and O–H groups in total. The van der Waals surface area contributed by atoms with E-state index in [2.05, 4.69) is 5.32 Å². The Hall–Kier alpha value is -1.55. The number of nitrogens with one attached hydrogen (secondary N) is 1. The minimum Gasteiger partial charge on any atom is -0.492 e. The molecule has 0 radical (unpaired) electrons. The molecular formula is C11H10ClNO3. The Balaban J connectivity index is 2.57. The highest BCUT2D eigenvalue weighted by atomic mass is 35.5. The van der Waals surface area contributed by atoms with E-state index in [4.69, 9.17) is 16.3 Å². The van der Waals surface area contributed by atoms with Crippen molar-refractivity contribution in [1.29, 1.82) is 0 Å². The lowest BCUT2D eigenvalue weighted by Crippen LogP contribution is -2.08. The summed E-state index contributed by atoms with van der Waals surface area (Å²) in [6, 6.07) is 1.50. The van der Waals surface area contributed by atoms with Crippen molar-refractivity contribution in [3.63, 3.8) is 0 Å². The van der Waals surface area contributed by atoms with Crippen LogP contribution in [0.15, 0.2) is 6.07 Å². The van der Waals surface area contributed by atoms with Crippen molar-refractivity contribution in [2.75, 3.05) is 11.9 Å². The molecule has 0 saturated carbocycles. The van der Waals surface area contributed by atoms with Gasteiger partial charge in [0.2, 0.25) is 5.91 Å². The number of carbonyl (C=O) groups excluding carboxylic acids is 2. The molecule has 84 valence electrons. The number of hydrogen-bond acceptors (Lipinski definition) is 3. The fraction of sp³-hybridized carbons (Fsp3) is 0.273. The second-order valence-electron chi connectivity index (χ2n) is 3.53. The number of amides is 1. The van der Waals surface area contributed by atoms with E-state index in [0.29, 0.717) is 41.3 Å². The summed E-state index contributed by atoms with van der Waals surface area (Å²) in [5.41, 5.74) is 1.77. The fourth-order valence-corrected chi connectivity index (χ4v) is 2.05. The van der Waals surface area contributed by atoms with Gasteiger partial charge in [0.05, 0.1) is 22.9 Å². The van der Waals surface area contributed by atoms with Crippen LogP contribution in [0.25, 0.3) is 0 Å². The molecule has 0 unspecified atom stereocenters. The zero-order chi connectivity index (χ0) is 11.7. The number of aldehydes is 1. The molecule has 0 aliphatic carbocycles. The van der Waals surface area contributed by atoms with Crippen LogP contribution >= 0.6 is 11.6 Å². The monoisotopic (exact) mass is 239 g/mol. The van der Waals surface area contributed by atoms with Crippen molar-refractivity contribution < 1.29 is 14.3 Å². The summed E-state index contributed by atoms with van der Waals surface area (Å²) in [4.78, 5) is 21.9. The molecule has 0 aromatic heterocycles. The van der Waals surface area contributed by atoms with Crippen LogP contribution < -0.4 is 10.1 Å². The predicted octanol–water partition coefficient (Wildman–Crippen LogP) is 2.05. The van der Waals surface area contributed by atoms with Crippen LogP contribution in [0, 0.1) is 0 Å². The van der Waals surface area contributed by atoms with Gasteiger partial charge in [-0.2, -0.15) is 0 Å². The number of ether oxygens (including phenoxy) is 1. The molecular weight excluding hydrogens is 230 g/mol. The smallest absolute Gasteiger partial charge is 0.221 e. The molecule has 1 heterocycles. The van der Waals surface area contributed by atoms with E-state index in [-0.39, 0.29) is 5.91 Å². The average molecular weight is 240 g/mol. The summed E-state index contributed by atoms with van der Waals surface area (Å²) >= 11 is 6.01. The molecule has 0 bridgehead atoms. The third kappa shape index (κ3) is 1.76. The number of anilines is 1. The van der Waals surface area contributed by atoms with Crippen molar-refractivity contribution in [1.82, 2.24) is 0 Å². The van der Waals surface area contributed by atoms with Gasteiger partial charge in [0.25, 0.3) is 0 Å². The van der Waals surface area contributed by atoms with Gasteiger partial charge in [-0.25, -0.2) is 0 Å². The molecule has 16 heavy (non-hydrogen) atoms. The van der Waals surface area contributed by atoms with Gasteiger partial charge in [0.15, 0.2) is 6.29 Å². The molecule has 0 atom stereocenters. The fourth-order valence-electron chi connectivity index (χ4n) is 1.77. The summed E-state index contributed by atoms with van der Waals surface area (Å²) in [5.74, 6) is 0.331. The SMILES string of the molecule is CC(=O)Nc1c(Cl)cc(C=O)c2c1CCO2. The highest BCUT2D eigenvalue weighted by Gasteiger charge is 2.23. The zero-order valence-corrected chi connectivity index (χ0v) is 9.43. The van der Waals surface area contributed by atoms with E-state index in [9.17, 15) is 9.59 Å². The first kappa shape index (κ1) is 11.0. The van der Waals surface area contributed by atoms with Crippen molar-refractivity contribution in [3.8, 4) is 5.75 Å². The predicted molar refractivity (Wildman–Crippen MR) is 60.3 cm³/mol. The normalized spacial score (nSPS) is 12.9. The second-order valence-corrected chi connectivity index (χ2v) is 3.93. The zero-order valence-electron chi connectivity index (χ0n) is 8.67. The van der Waals surface area contributed by atoms with Gasteiger partial charge in [-0.3, -0.25) is 9.59 Å². The van der Waals surface area contributed by atoms with Crippen molar-refractivity contribution in [2.24, 2.45) is 0 Å². The van der Waals surface area contributed by atoms with Gasteiger partial charge in [-0.1, -0.05) is 11.6 Å². The van der Waals surface area contributed by atoms with Crippen LogP contribution in [0.3, 0.4) is 0 Å². The van der Waals surface area contributed by atoms with E-state index in [0.717, 1.165) is 5.56 Å². The number of fused-ring (bicyclic) bond motifs is 1. The third-order valence-corrected chi connectivity index (χ3v) is 2.68. The highest BCUT2D eigenvalue weighted by molar-refractivity contribution is 6.34. The van der Waals surface area contributed by atoms with E-state index < -0.39 is 0 Å². The Morgan fingerprint density at radius 1 is 1.62 bits per heavy atom. The highest BCUT2D eigenvalue weighted by Crippen LogP contribution is 2.39. The molecule has 0 spiro atoms. The van der Waals surface area contributed by atoms with Crippen LogP contribution in [-0.2, 0) is 11.2 Å². The number of halogens is 1. The second kappa shape index (κ2) is 4.14. The topological polar surface area (TPSA) is 55.4 Å². The van der Waals surface area contributed by atoms with E-state index >= 15 is 0 Å². The molecule has 1 aromatic carbocycles. The summed E-state index contributed by atoms with van der Waals surface area (Å²) in [5, 5.41) is 3.02. The van der Waals surface area contributed by atoms with Crippen molar-refractivity contribution >= 4 is 29.5 Å². The number of carbonyl (C=O) groups is 2. The quantitative estimate of drug-likeness (QED) is 0.804. The number of rotatable bonds is 2. The van der Waals surface area contributed by atoms with Crippen LogP contribution in [0.4, 0.5) is 5.69 Å². The summed E-state index contributed by atoms with van der Waals surface area (Å²) in [6.07, 6.45) is 1.35. The molecule has 1 aliphatic rings. The third-order valence-electron chi connectivity index (χ3n) is 2.39.